The molecule has 0 radical (unpaired) electrons. The summed E-state index contributed by atoms with van der Waals surface area (Å²) in [7, 11) is 2.03. The van der Waals surface area contributed by atoms with Gasteiger partial charge in [-0.3, -0.25) is 0 Å². The van der Waals surface area contributed by atoms with Gasteiger partial charge in [-0.15, -0.1) is 10.2 Å². The van der Waals surface area contributed by atoms with Crippen LogP contribution in [0.15, 0.2) is 12.1 Å². The predicted molar refractivity (Wildman–Crippen MR) is 82.8 cm³/mol. The minimum Gasteiger partial charge on any atom is -0.465 e. The molecule has 108 valence electrons. The highest BCUT2D eigenvalue weighted by atomic mass is 127. The predicted octanol–water partition coefficient (Wildman–Crippen LogP) is 2.19. The van der Waals surface area contributed by atoms with Crippen LogP contribution in [0.25, 0.3) is 0 Å². The summed E-state index contributed by atoms with van der Waals surface area (Å²) in [6.07, 6.45) is 2.96. The number of piperidine rings is 1. The number of carbonyl (C=O) groups is 1. The first kappa shape index (κ1) is 13.8. The fourth-order valence-electron chi connectivity index (χ4n) is 3.46. The number of hydrogen-bond acceptors (Lipinski definition) is 4. The molecule has 1 N–H and O–H groups in total. The Hall–Kier alpha value is -1.12. The van der Waals surface area contributed by atoms with Gasteiger partial charge in [-0.05, 0) is 60.4 Å². The molecule has 0 aliphatic carbocycles. The normalized spacial score (nSPS) is 28.5. The van der Waals surface area contributed by atoms with Crippen molar-refractivity contribution in [2.75, 3.05) is 11.9 Å². The highest BCUT2D eigenvalue weighted by Crippen LogP contribution is 2.38. The Kier molecular flexibility index (Phi) is 3.70. The fraction of sp³-hybridized carbons (Fsp3) is 0.615. The molecule has 6 nitrogen and oxygen atoms in total. The minimum absolute atomic E-state index is 0.163. The van der Waals surface area contributed by atoms with E-state index in [1.165, 1.54) is 0 Å². The monoisotopic (exact) mass is 388 g/mol. The second kappa shape index (κ2) is 5.34. The SMILES string of the molecule is CN(c1ccc(I)nn1)C1CC2CC[C@@H](C1)N2C(=O)O. The summed E-state index contributed by atoms with van der Waals surface area (Å²) in [6, 6.07) is 4.59. The summed E-state index contributed by atoms with van der Waals surface area (Å²) in [5, 5.41) is 17.6. The number of nitrogens with zero attached hydrogens (tertiary/aromatic N) is 4. The van der Waals surface area contributed by atoms with Crippen LogP contribution in [0.3, 0.4) is 0 Å². The maximum Gasteiger partial charge on any atom is 0.407 e. The van der Waals surface area contributed by atoms with Crippen molar-refractivity contribution in [3.8, 4) is 0 Å². The molecule has 2 unspecified atom stereocenters. The van der Waals surface area contributed by atoms with E-state index in [0.717, 1.165) is 35.2 Å². The molecule has 1 amide bonds. The zero-order valence-electron chi connectivity index (χ0n) is 11.2. The van der Waals surface area contributed by atoms with E-state index >= 15 is 0 Å². The lowest BCUT2D eigenvalue weighted by molar-refractivity contribution is 0.0965. The summed E-state index contributed by atoms with van der Waals surface area (Å²) in [6.45, 7) is 0. The molecule has 3 atom stereocenters. The Balaban J connectivity index is 1.74. The van der Waals surface area contributed by atoms with Gasteiger partial charge in [-0.2, -0.15) is 0 Å². The first-order valence-electron chi connectivity index (χ1n) is 6.79. The van der Waals surface area contributed by atoms with Gasteiger partial charge in [0.25, 0.3) is 0 Å². The lowest BCUT2D eigenvalue weighted by atomic mass is 9.96. The largest absolute Gasteiger partial charge is 0.465 e. The van der Waals surface area contributed by atoms with Gasteiger partial charge in [-0.1, -0.05) is 0 Å². The minimum atomic E-state index is -0.771. The van der Waals surface area contributed by atoms with Crippen molar-refractivity contribution in [2.45, 2.75) is 43.8 Å². The van der Waals surface area contributed by atoms with E-state index in [4.69, 9.17) is 0 Å². The quantitative estimate of drug-likeness (QED) is 0.787. The fourth-order valence-corrected chi connectivity index (χ4v) is 3.75. The molecule has 3 rings (SSSR count). The average molecular weight is 388 g/mol. The molecule has 20 heavy (non-hydrogen) atoms. The number of amides is 1. The summed E-state index contributed by atoms with van der Waals surface area (Å²) >= 11 is 2.14. The van der Waals surface area contributed by atoms with Crippen LogP contribution >= 0.6 is 22.6 Å². The number of halogens is 1. The molecule has 2 bridgehead atoms. The second-order valence-corrected chi connectivity index (χ2v) is 6.63. The van der Waals surface area contributed by atoms with Gasteiger partial charge >= 0.3 is 6.09 Å². The Labute approximate surface area is 131 Å². The Morgan fingerprint density at radius 2 is 2.00 bits per heavy atom. The third kappa shape index (κ3) is 2.43. The van der Waals surface area contributed by atoms with Gasteiger partial charge in [0.05, 0.1) is 0 Å². The highest BCUT2D eigenvalue weighted by Gasteiger charge is 2.44. The van der Waals surface area contributed by atoms with Crippen LogP contribution < -0.4 is 4.90 Å². The second-order valence-electron chi connectivity index (χ2n) is 5.53. The first-order chi connectivity index (χ1) is 9.56. The van der Waals surface area contributed by atoms with Crippen LogP contribution in [0.5, 0.6) is 0 Å². The average Bonchev–Trinajstić information content (AvgIpc) is 2.70. The van der Waals surface area contributed by atoms with Crippen molar-refractivity contribution in [1.82, 2.24) is 15.1 Å². The van der Waals surface area contributed by atoms with Gasteiger partial charge in [0.2, 0.25) is 0 Å². The van der Waals surface area contributed by atoms with Crippen molar-refractivity contribution in [1.29, 1.82) is 0 Å². The number of fused-ring (bicyclic) bond motifs is 2. The Morgan fingerprint density at radius 1 is 1.35 bits per heavy atom. The van der Waals surface area contributed by atoms with Crippen LogP contribution in [0.1, 0.15) is 25.7 Å². The zero-order valence-corrected chi connectivity index (χ0v) is 13.4. The molecule has 0 spiro atoms. The number of hydrogen-bond donors (Lipinski definition) is 1. The smallest absolute Gasteiger partial charge is 0.407 e. The lowest BCUT2D eigenvalue weighted by Gasteiger charge is -2.41. The molecule has 2 saturated heterocycles. The van der Waals surface area contributed by atoms with Crippen molar-refractivity contribution in [3.63, 3.8) is 0 Å². The van der Waals surface area contributed by atoms with Gasteiger partial charge < -0.3 is 14.9 Å². The van der Waals surface area contributed by atoms with E-state index in [1.807, 2.05) is 19.2 Å². The first-order valence-corrected chi connectivity index (χ1v) is 7.87. The van der Waals surface area contributed by atoms with E-state index in [0.29, 0.717) is 6.04 Å². The Bertz CT molecular complexity index is 496. The van der Waals surface area contributed by atoms with Crippen LogP contribution in [0.4, 0.5) is 10.6 Å². The van der Waals surface area contributed by atoms with Crippen LogP contribution in [0.2, 0.25) is 0 Å². The Morgan fingerprint density at radius 3 is 2.50 bits per heavy atom. The summed E-state index contributed by atoms with van der Waals surface area (Å²) in [5.41, 5.74) is 0. The molecule has 2 aliphatic rings. The van der Waals surface area contributed by atoms with Crippen LogP contribution in [-0.4, -0.2) is 51.5 Å². The number of aromatic nitrogens is 2. The number of rotatable bonds is 2. The van der Waals surface area contributed by atoms with Crippen molar-refractivity contribution >= 4 is 34.5 Å². The van der Waals surface area contributed by atoms with Gasteiger partial charge in [0.15, 0.2) is 5.82 Å². The molecular weight excluding hydrogens is 371 g/mol. The third-order valence-corrected chi connectivity index (χ3v) is 5.03. The van der Waals surface area contributed by atoms with Crippen molar-refractivity contribution < 1.29 is 9.90 Å². The summed E-state index contributed by atoms with van der Waals surface area (Å²) in [4.78, 5) is 15.1. The standard InChI is InChI=1S/C13H17IN4O2/c1-17(12-5-4-11(14)15-16-12)10-6-8-2-3-9(7-10)18(8)13(19)20/h4-5,8-10H,2-3,6-7H2,1H3,(H,19,20)/t8-,9?,10?/m0/s1. The van der Waals surface area contributed by atoms with E-state index in [2.05, 4.69) is 37.7 Å². The molecule has 1 aromatic rings. The van der Waals surface area contributed by atoms with Crippen LogP contribution in [0, 0.1) is 3.70 Å². The van der Waals surface area contributed by atoms with E-state index < -0.39 is 6.09 Å². The molecule has 3 heterocycles. The maximum absolute atomic E-state index is 11.3. The molecule has 0 aromatic carbocycles. The van der Waals surface area contributed by atoms with Crippen molar-refractivity contribution in [2.24, 2.45) is 0 Å². The molecular formula is C13H17IN4O2. The molecule has 0 saturated carbocycles. The van der Waals surface area contributed by atoms with Gasteiger partial charge in [0.1, 0.15) is 3.70 Å². The van der Waals surface area contributed by atoms with E-state index in [9.17, 15) is 9.90 Å². The van der Waals surface area contributed by atoms with Crippen molar-refractivity contribution in [3.05, 3.63) is 15.8 Å². The lowest BCUT2D eigenvalue weighted by Crippen LogP contribution is -2.51. The number of carboxylic acid groups (broad SMARTS) is 1. The van der Waals surface area contributed by atoms with Gasteiger partial charge in [-0.25, -0.2) is 4.79 Å². The van der Waals surface area contributed by atoms with E-state index in [1.54, 1.807) is 4.90 Å². The summed E-state index contributed by atoms with van der Waals surface area (Å²) in [5.74, 6) is 0.860. The molecule has 1 aromatic heterocycles. The molecule has 7 heteroatoms. The summed E-state index contributed by atoms with van der Waals surface area (Å²) < 4.78 is 0.875. The third-order valence-electron chi connectivity index (χ3n) is 4.46. The zero-order chi connectivity index (χ0) is 14.3. The maximum atomic E-state index is 11.3. The molecule has 2 aliphatic heterocycles. The molecule has 2 fully saturated rings. The highest BCUT2D eigenvalue weighted by molar-refractivity contribution is 14.1. The van der Waals surface area contributed by atoms with E-state index in [-0.39, 0.29) is 12.1 Å². The number of anilines is 1. The van der Waals surface area contributed by atoms with Crippen LogP contribution in [-0.2, 0) is 0 Å². The topological polar surface area (TPSA) is 69.6 Å². The van der Waals surface area contributed by atoms with Gasteiger partial charge in [0, 0.05) is 25.2 Å².